The topological polar surface area (TPSA) is 69.7 Å². The number of ketones is 1. The van der Waals surface area contributed by atoms with Gasteiger partial charge in [-0.1, -0.05) is 37.6 Å². The number of ether oxygens (including phenoxy) is 2. The fraction of sp³-hybridized carbons (Fsp3) is 0.607. The predicted octanol–water partition coefficient (Wildman–Crippen LogP) is 5.29. The molecule has 3 saturated carbocycles. The van der Waals surface area contributed by atoms with E-state index in [1.165, 1.54) is 12.5 Å². The number of esters is 2. The molecule has 0 unspecified atom stereocenters. The van der Waals surface area contributed by atoms with Gasteiger partial charge in [0.2, 0.25) is 0 Å². The first-order chi connectivity index (χ1) is 15.7. The summed E-state index contributed by atoms with van der Waals surface area (Å²) >= 11 is 0. The number of benzene rings is 1. The molecule has 4 aliphatic carbocycles. The molecule has 33 heavy (non-hydrogen) atoms. The lowest BCUT2D eigenvalue weighted by molar-refractivity contribution is -0.149. The molecule has 0 heterocycles. The monoisotopic (exact) mass is 450 g/mol. The van der Waals surface area contributed by atoms with E-state index in [9.17, 15) is 14.4 Å². The van der Waals surface area contributed by atoms with E-state index in [1.54, 1.807) is 12.1 Å². The van der Waals surface area contributed by atoms with Crippen molar-refractivity contribution in [2.75, 3.05) is 0 Å². The van der Waals surface area contributed by atoms with Crippen LogP contribution in [0.15, 0.2) is 42.0 Å². The van der Waals surface area contributed by atoms with Crippen LogP contribution in [0.25, 0.3) is 0 Å². The molecular weight excluding hydrogens is 416 g/mol. The van der Waals surface area contributed by atoms with Crippen LogP contribution in [0, 0.1) is 28.6 Å². The van der Waals surface area contributed by atoms with Gasteiger partial charge in [-0.25, -0.2) is 4.79 Å². The molecule has 1 aromatic rings. The lowest BCUT2D eigenvalue weighted by atomic mass is 9.47. The van der Waals surface area contributed by atoms with Gasteiger partial charge in [-0.2, -0.15) is 0 Å². The molecule has 0 aromatic heterocycles. The molecule has 3 fully saturated rings. The summed E-state index contributed by atoms with van der Waals surface area (Å²) in [4.78, 5) is 37.7. The maximum atomic E-state index is 13.5. The first kappa shape index (κ1) is 22.4. The minimum absolute atomic E-state index is 0.0109. The van der Waals surface area contributed by atoms with Crippen LogP contribution < -0.4 is 0 Å². The van der Waals surface area contributed by atoms with E-state index in [0.29, 0.717) is 17.9 Å². The lowest BCUT2D eigenvalue weighted by Gasteiger charge is -2.56. The number of hydrogen-bond donors (Lipinski definition) is 0. The van der Waals surface area contributed by atoms with Crippen molar-refractivity contribution in [1.29, 1.82) is 0 Å². The summed E-state index contributed by atoms with van der Waals surface area (Å²) in [5.74, 6) is 0.241. The van der Waals surface area contributed by atoms with E-state index < -0.39 is 0 Å². The van der Waals surface area contributed by atoms with E-state index in [-0.39, 0.29) is 52.6 Å². The van der Waals surface area contributed by atoms with E-state index >= 15 is 0 Å². The lowest BCUT2D eigenvalue weighted by Crippen LogP contribution is -2.54. The Bertz CT molecular complexity index is 997. The maximum absolute atomic E-state index is 13.5. The predicted molar refractivity (Wildman–Crippen MR) is 123 cm³/mol. The first-order valence-corrected chi connectivity index (χ1v) is 12.4. The minimum Gasteiger partial charge on any atom is -0.462 e. The SMILES string of the molecule is CC(=O)O[C@@H]1CC[C@@]2(C)C(=CC(=O)[C@H]3[C@H]4CC[C@H](OC(=O)c5ccccc5)[C@@]4(C)CC[C@H]32)C1. The molecule has 4 aliphatic rings. The Morgan fingerprint density at radius 1 is 0.939 bits per heavy atom. The van der Waals surface area contributed by atoms with Crippen LogP contribution in [0.1, 0.15) is 76.1 Å². The van der Waals surface area contributed by atoms with Crippen LogP contribution >= 0.6 is 0 Å². The summed E-state index contributed by atoms with van der Waals surface area (Å²) in [6, 6.07) is 9.17. The highest BCUT2D eigenvalue weighted by Crippen LogP contribution is 2.64. The van der Waals surface area contributed by atoms with E-state index in [0.717, 1.165) is 38.5 Å². The fourth-order valence-electron chi connectivity index (χ4n) is 7.62. The zero-order chi connectivity index (χ0) is 23.4. The zero-order valence-corrected chi connectivity index (χ0v) is 19.8. The quantitative estimate of drug-likeness (QED) is 0.586. The molecule has 7 atom stereocenters. The Morgan fingerprint density at radius 3 is 2.42 bits per heavy atom. The van der Waals surface area contributed by atoms with Gasteiger partial charge in [-0.3, -0.25) is 9.59 Å². The Kier molecular flexibility index (Phi) is 5.49. The van der Waals surface area contributed by atoms with Crippen molar-refractivity contribution in [2.24, 2.45) is 28.6 Å². The van der Waals surface area contributed by atoms with Crippen molar-refractivity contribution in [3.63, 3.8) is 0 Å². The van der Waals surface area contributed by atoms with Crippen molar-refractivity contribution in [3.8, 4) is 0 Å². The summed E-state index contributed by atoms with van der Waals surface area (Å²) < 4.78 is 11.5. The highest BCUT2D eigenvalue weighted by atomic mass is 16.5. The number of hydrogen-bond acceptors (Lipinski definition) is 5. The van der Waals surface area contributed by atoms with Crippen molar-refractivity contribution in [1.82, 2.24) is 0 Å². The number of carbonyl (C=O) groups excluding carboxylic acids is 3. The number of allylic oxidation sites excluding steroid dienone is 1. The second-order valence-corrected chi connectivity index (χ2v) is 11.1. The smallest absolute Gasteiger partial charge is 0.338 e. The highest BCUT2D eigenvalue weighted by molar-refractivity contribution is 5.94. The molecular formula is C28H34O5. The summed E-state index contributed by atoms with van der Waals surface area (Å²) in [6.45, 7) is 6.00. The molecule has 176 valence electrons. The van der Waals surface area contributed by atoms with Crippen molar-refractivity contribution < 1.29 is 23.9 Å². The molecule has 0 spiro atoms. The largest absolute Gasteiger partial charge is 0.462 e. The highest BCUT2D eigenvalue weighted by Gasteiger charge is 2.62. The third kappa shape index (κ3) is 3.64. The van der Waals surface area contributed by atoms with Crippen molar-refractivity contribution in [3.05, 3.63) is 47.5 Å². The van der Waals surface area contributed by atoms with Gasteiger partial charge in [-0.05, 0) is 74.0 Å². The fourth-order valence-corrected chi connectivity index (χ4v) is 7.62. The van der Waals surface area contributed by atoms with Crippen LogP contribution in [-0.4, -0.2) is 29.9 Å². The van der Waals surface area contributed by atoms with Crippen LogP contribution in [0.3, 0.4) is 0 Å². The van der Waals surface area contributed by atoms with Gasteiger partial charge in [-0.15, -0.1) is 0 Å². The Labute approximate surface area is 195 Å². The van der Waals surface area contributed by atoms with Gasteiger partial charge in [0.05, 0.1) is 5.56 Å². The minimum atomic E-state index is -0.266. The van der Waals surface area contributed by atoms with E-state index in [4.69, 9.17) is 9.47 Å². The summed E-state index contributed by atoms with van der Waals surface area (Å²) in [6.07, 6.45) is 7.75. The standard InChI is InChI=1S/C28H34O5/c1-17(29)32-20-11-13-27(2)19(15-20)16-23(30)25-21-9-10-24(28(21,3)14-12-22(25)27)33-26(31)18-7-5-4-6-8-18/h4-8,16,20-22,24-25H,9-15H2,1-3H3/t20-,21-,22-,24+,25+,27+,28+/m1/s1. The van der Waals surface area contributed by atoms with Crippen LogP contribution in [-0.2, 0) is 19.1 Å². The third-order valence-corrected chi connectivity index (χ3v) is 9.41. The van der Waals surface area contributed by atoms with Gasteiger partial charge in [0.25, 0.3) is 0 Å². The van der Waals surface area contributed by atoms with Gasteiger partial charge in [0.15, 0.2) is 5.78 Å². The second-order valence-electron chi connectivity index (χ2n) is 11.1. The molecule has 0 radical (unpaired) electrons. The molecule has 0 bridgehead atoms. The second kappa shape index (κ2) is 8.11. The Hall–Kier alpha value is -2.43. The number of rotatable bonds is 3. The average molecular weight is 451 g/mol. The normalized spacial score (nSPS) is 39.5. The van der Waals surface area contributed by atoms with Crippen LogP contribution in [0.2, 0.25) is 0 Å². The third-order valence-electron chi connectivity index (χ3n) is 9.41. The Morgan fingerprint density at radius 2 is 1.70 bits per heavy atom. The Balaban J connectivity index is 1.37. The molecule has 0 saturated heterocycles. The zero-order valence-electron chi connectivity index (χ0n) is 19.8. The van der Waals surface area contributed by atoms with Gasteiger partial charge in [0, 0.05) is 24.7 Å². The summed E-state index contributed by atoms with van der Waals surface area (Å²) in [5, 5.41) is 0. The molecule has 0 amide bonds. The van der Waals surface area contributed by atoms with Crippen molar-refractivity contribution in [2.45, 2.75) is 77.9 Å². The first-order valence-electron chi connectivity index (χ1n) is 12.4. The van der Waals surface area contributed by atoms with Crippen LogP contribution in [0.4, 0.5) is 0 Å². The number of fused-ring (bicyclic) bond motifs is 5. The molecule has 0 N–H and O–H groups in total. The van der Waals surface area contributed by atoms with E-state index in [1.807, 2.05) is 24.3 Å². The molecule has 0 aliphatic heterocycles. The summed E-state index contributed by atoms with van der Waals surface area (Å²) in [5.41, 5.74) is 1.56. The molecule has 5 heteroatoms. The van der Waals surface area contributed by atoms with E-state index in [2.05, 4.69) is 13.8 Å². The molecule has 5 rings (SSSR count). The molecule has 5 nitrogen and oxygen atoms in total. The van der Waals surface area contributed by atoms with Crippen molar-refractivity contribution >= 4 is 17.7 Å². The summed E-state index contributed by atoms with van der Waals surface area (Å²) in [7, 11) is 0. The van der Waals surface area contributed by atoms with Gasteiger partial charge < -0.3 is 9.47 Å². The number of carbonyl (C=O) groups is 3. The van der Waals surface area contributed by atoms with Gasteiger partial charge in [0.1, 0.15) is 12.2 Å². The average Bonchev–Trinajstić information content (AvgIpc) is 3.11. The van der Waals surface area contributed by atoms with Crippen LogP contribution in [0.5, 0.6) is 0 Å². The molecule has 1 aromatic carbocycles. The van der Waals surface area contributed by atoms with Gasteiger partial charge >= 0.3 is 11.9 Å². The maximum Gasteiger partial charge on any atom is 0.338 e.